The minimum Gasteiger partial charge on any atom is -0.497 e. The van der Waals surface area contributed by atoms with Crippen LogP contribution in [-0.4, -0.2) is 85.8 Å². The van der Waals surface area contributed by atoms with E-state index in [4.69, 9.17) is 25.8 Å². The number of anilines is 1. The molecule has 6 rings (SSSR count). The van der Waals surface area contributed by atoms with E-state index in [1.807, 2.05) is 26.8 Å². The van der Waals surface area contributed by atoms with Crippen LogP contribution in [0.4, 0.5) is 5.69 Å². The van der Waals surface area contributed by atoms with Crippen molar-refractivity contribution in [3.05, 3.63) is 66.3 Å². The topological polar surface area (TPSA) is 165 Å². The number of benzene rings is 2. The van der Waals surface area contributed by atoms with Gasteiger partial charge in [0.15, 0.2) is 0 Å². The minimum atomic E-state index is -3.88. The van der Waals surface area contributed by atoms with E-state index >= 15 is 0 Å². The van der Waals surface area contributed by atoms with Gasteiger partial charge in [0.05, 0.1) is 32.2 Å². The van der Waals surface area contributed by atoms with Crippen molar-refractivity contribution in [1.29, 1.82) is 0 Å². The van der Waals surface area contributed by atoms with Crippen molar-refractivity contribution in [2.24, 2.45) is 11.3 Å². The van der Waals surface area contributed by atoms with Crippen LogP contribution in [0.5, 0.6) is 17.4 Å². The van der Waals surface area contributed by atoms with Crippen LogP contribution >= 0.6 is 11.6 Å². The Hall–Kier alpha value is -4.56. The molecule has 3 N–H and O–H groups in total. The normalized spacial score (nSPS) is 23.3. The van der Waals surface area contributed by atoms with Crippen molar-refractivity contribution in [3.8, 4) is 17.4 Å². The van der Waals surface area contributed by atoms with Crippen LogP contribution in [0.25, 0.3) is 10.8 Å². The highest BCUT2D eigenvalue weighted by molar-refractivity contribution is 7.91. The number of nitrogens with one attached hydrogen (secondary N) is 3. The second-order valence-electron chi connectivity index (χ2n) is 14.7. The van der Waals surface area contributed by atoms with Gasteiger partial charge in [-0.25, -0.2) is 13.4 Å². The number of carbonyl (C=O) groups is 3. The maximum atomic E-state index is 14.7. The summed E-state index contributed by atoms with van der Waals surface area (Å²) >= 11 is 6.35. The molecule has 3 aliphatic rings. The van der Waals surface area contributed by atoms with Crippen LogP contribution in [-0.2, 0) is 24.4 Å². The fourth-order valence-corrected chi connectivity index (χ4v) is 8.20. The molecule has 3 fully saturated rings. The predicted molar refractivity (Wildman–Crippen MR) is 197 cm³/mol. The number of rotatable bonds is 13. The summed E-state index contributed by atoms with van der Waals surface area (Å²) in [4.78, 5) is 48.5. The molecule has 278 valence electrons. The number of ether oxygens (including phenoxy) is 3. The smallest absolute Gasteiger partial charge is 0.259 e. The first-order valence-corrected chi connectivity index (χ1v) is 19.0. The van der Waals surface area contributed by atoms with E-state index < -0.39 is 62.1 Å². The summed E-state index contributed by atoms with van der Waals surface area (Å²) in [5.74, 6) is -0.946. The quantitative estimate of drug-likeness (QED) is 0.213. The highest BCUT2D eigenvalue weighted by Crippen LogP contribution is 2.46. The van der Waals surface area contributed by atoms with Crippen molar-refractivity contribution in [3.63, 3.8) is 0 Å². The molecule has 3 aromatic rings. The number of aromatic nitrogens is 1. The summed E-state index contributed by atoms with van der Waals surface area (Å²) < 4.78 is 44.9. The summed E-state index contributed by atoms with van der Waals surface area (Å²) in [6.45, 7) is 9.54. The van der Waals surface area contributed by atoms with E-state index in [1.165, 1.54) is 24.3 Å². The highest BCUT2D eigenvalue weighted by atomic mass is 35.5. The highest BCUT2D eigenvalue weighted by Gasteiger charge is 2.62. The number of sulfonamides is 1. The lowest BCUT2D eigenvalue weighted by Crippen LogP contribution is -2.58. The fourth-order valence-electron chi connectivity index (χ4n) is 6.67. The van der Waals surface area contributed by atoms with Gasteiger partial charge in [-0.2, -0.15) is 0 Å². The van der Waals surface area contributed by atoms with Crippen molar-refractivity contribution < 1.29 is 37.0 Å². The number of halogens is 1. The number of hydrogen-bond acceptors (Lipinski definition) is 10. The van der Waals surface area contributed by atoms with Crippen molar-refractivity contribution in [1.82, 2.24) is 19.9 Å². The third kappa shape index (κ3) is 7.49. The standard InChI is InChI=1S/C37H44ClN5O8S/c1-7-21-18-37(21,35(46)42-52(47,48)26-12-13-26)41-32(44)29-17-25(51-33-28-15-22(38)11-14-27(28)30(50-6)19-39-33)20-43(29)34(45)31(36(2,3)4)40-23-9-8-10-24(16-23)49-5/h7-11,14-16,19,21,25-26,29,31,40H,1,12-13,17-18,20H2,2-6H3,(H,41,44)(H,42,46)/t21-,25-,29+,31?,37-/m1/s1. The van der Waals surface area contributed by atoms with Crippen LogP contribution in [0.2, 0.25) is 5.02 Å². The molecule has 1 aliphatic heterocycles. The van der Waals surface area contributed by atoms with E-state index in [0.717, 1.165) is 0 Å². The lowest BCUT2D eigenvalue weighted by atomic mass is 9.85. The van der Waals surface area contributed by atoms with Gasteiger partial charge in [-0.05, 0) is 55.0 Å². The zero-order chi connectivity index (χ0) is 37.6. The first-order chi connectivity index (χ1) is 24.6. The molecule has 1 aromatic heterocycles. The van der Waals surface area contributed by atoms with Crippen LogP contribution in [0.15, 0.2) is 61.3 Å². The number of methoxy groups -OCH3 is 2. The molecule has 1 unspecified atom stereocenters. The summed E-state index contributed by atoms with van der Waals surface area (Å²) in [6, 6.07) is 10.5. The molecule has 13 nitrogen and oxygen atoms in total. The summed E-state index contributed by atoms with van der Waals surface area (Å²) in [5, 5.41) is 7.31. The van der Waals surface area contributed by atoms with Gasteiger partial charge in [-0.3, -0.25) is 19.1 Å². The molecule has 1 saturated heterocycles. The van der Waals surface area contributed by atoms with Gasteiger partial charge in [0.1, 0.15) is 35.2 Å². The average Bonchev–Trinajstić information content (AvgIpc) is 4.03. The Morgan fingerprint density at radius 1 is 1.10 bits per heavy atom. The minimum absolute atomic E-state index is 0.0131. The van der Waals surface area contributed by atoms with E-state index in [9.17, 15) is 22.8 Å². The Balaban J connectivity index is 1.32. The van der Waals surface area contributed by atoms with E-state index in [2.05, 4.69) is 26.9 Å². The predicted octanol–water partition coefficient (Wildman–Crippen LogP) is 4.45. The average molecular weight is 754 g/mol. The zero-order valence-electron chi connectivity index (χ0n) is 29.8. The first kappa shape index (κ1) is 37.2. The molecule has 3 amide bonds. The van der Waals surface area contributed by atoms with Crippen molar-refractivity contribution >= 4 is 55.8 Å². The van der Waals surface area contributed by atoms with Gasteiger partial charge >= 0.3 is 0 Å². The van der Waals surface area contributed by atoms with Crippen molar-refractivity contribution in [2.75, 3.05) is 26.1 Å². The van der Waals surface area contributed by atoms with Gasteiger partial charge in [0, 0.05) is 39.9 Å². The molecular formula is C37H44ClN5O8S. The molecule has 5 atom stereocenters. The number of fused-ring (bicyclic) bond motifs is 1. The van der Waals surface area contributed by atoms with Gasteiger partial charge in [0.2, 0.25) is 27.7 Å². The lowest BCUT2D eigenvalue weighted by molar-refractivity contribution is -0.141. The second-order valence-corrected chi connectivity index (χ2v) is 17.1. The molecule has 15 heteroatoms. The third-order valence-electron chi connectivity index (χ3n) is 9.87. The van der Waals surface area contributed by atoms with E-state index in [-0.39, 0.29) is 31.2 Å². The molecule has 2 saturated carbocycles. The molecule has 52 heavy (non-hydrogen) atoms. The monoisotopic (exact) mass is 753 g/mol. The maximum Gasteiger partial charge on any atom is 0.259 e. The number of carbonyl (C=O) groups excluding carboxylic acids is 3. The molecule has 0 radical (unpaired) electrons. The Labute approximate surface area is 308 Å². The Kier molecular flexibility index (Phi) is 10.1. The SMILES string of the molecule is C=C[C@@H]1C[C@]1(NC(=O)[C@@H]1C[C@@H](Oc2ncc(OC)c3ccc(Cl)cc23)CN1C(=O)C(Nc1cccc(OC)c1)C(C)(C)C)C(=O)NS(=O)(=O)C1CC1. The van der Waals surface area contributed by atoms with Gasteiger partial charge in [-0.1, -0.05) is 44.5 Å². The Bertz CT molecular complexity index is 2020. The number of likely N-dealkylation sites (tertiary alicyclic amines) is 1. The maximum absolute atomic E-state index is 14.7. The van der Waals surface area contributed by atoms with Crippen molar-refractivity contribution in [2.45, 2.75) is 75.4 Å². The lowest BCUT2D eigenvalue weighted by Gasteiger charge is -2.36. The molecule has 2 heterocycles. The fraction of sp³-hybridized carbons (Fsp3) is 0.459. The molecular weight excluding hydrogens is 710 g/mol. The van der Waals surface area contributed by atoms with Gasteiger partial charge < -0.3 is 29.7 Å². The molecule has 0 spiro atoms. The first-order valence-electron chi connectivity index (χ1n) is 17.1. The zero-order valence-corrected chi connectivity index (χ0v) is 31.3. The molecule has 2 aromatic carbocycles. The van der Waals surface area contributed by atoms with Crippen LogP contribution < -0.4 is 29.6 Å². The second kappa shape index (κ2) is 14.1. The number of hydrogen-bond donors (Lipinski definition) is 3. The number of amides is 3. The largest absolute Gasteiger partial charge is 0.497 e. The van der Waals surface area contributed by atoms with E-state index in [0.29, 0.717) is 45.8 Å². The Morgan fingerprint density at radius 2 is 1.85 bits per heavy atom. The van der Waals surface area contributed by atoms with Gasteiger partial charge in [0.25, 0.3) is 5.91 Å². The summed E-state index contributed by atoms with van der Waals surface area (Å²) in [6.07, 6.45) is 3.51. The summed E-state index contributed by atoms with van der Waals surface area (Å²) in [5.41, 5.74) is -1.51. The summed E-state index contributed by atoms with van der Waals surface area (Å²) in [7, 11) is -0.796. The van der Waals surface area contributed by atoms with E-state index in [1.54, 1.807) is 43.5 Å². The number of nitrogens with zero attached hydrogens (tertiary/aromatic N) is 2. The number of pyridine rings is 1. The van der Waals surface area contributed by atoms with Crippen LogP contribution in [0.3, 0.4) is 0 Å². The molecule has 2 aliphatic carbocycles. The van der Waals surface area contributed by atoms with Crippen LogP contribution in [0.1, 0.15) is 46.5 Å². The Morgan fingerprint density at radius 3 is 2.48 bits per heavy atom. The molecule has 0 bridgehead atoms. The van der Waals surface area contributed by atoms with Crippen LogP contribution in [0, 0.1) is 11.3 Å². The third-order valence-corrected chi connectivity index (χ3v) is 11.9. The van der Waals surface area contributed by atoms with Gasteiger partial charge in [-0.15, -0.1) is 6.58 Å².